The van der Waals surface area contributed by atoms with Crippen molar-refractivity contribution in [1.29, 1.82) is 0 Å². The Labute approximate surface area is 192 Å². The molecule has 2 heteroatoms. The van der Waals surface area contributed by atoms with E-state index < -0.39 is 0 Å². The standard InChI is InChI=1S/C27H38N2.C2H6/c1-9-15-26(23(10-2)27(6,7)8)29(11-3)20(4)16-14-19-24-21(5)22-17-12-13-18-25(22)28-24;1-2/h9-10,12-19,21,24,28H,2,11H2,1,3-8H3;1-2H3/b15-9-,19-14+,20-16+,26-23-;. The molecule has 0 fully saturated rings. The van der Waals surface area contributed by atoms with E-state index in [4.69, 9.17) is 0 Å². The summed E-state index contributed by atoms with van der Waals surface area (Å²) in [5.74, 6) is 0.477. The Morgan fingerprint density at radius 3 is 2.35 bits per heavy atom. The van der Waals surface area contributed by atoms with Crippen molar-refractivity contribution in [2.75, 3.05) is 11.9 Å². The van der Waals surface area contributed by atoms with Gasteiger partial charge in [-0.3, -0.25) is 0 Å². The number of likely N-dealkylation sites (N-methyl/N-ethyl adjacent to an activating group) is 1. The molecule has 2 unspecified atom stereocenters. The second-order valence-corrected chi connectivity index (χ2v) is 8.74. The van der Waals surface area contributed by atoms with Crippen LogP contribution in [0.15, 0.2) is 84.3 Å². The van der Waals surface area contributed by atoms with Crippen molar-refractivity contribution in [3.8, 4) is 0 Å². The minimum absolute atomic E-state index is 0.0368. The van der Waals surface area contributed by atoms with Crippen LogP contribution in [0.2, 0.25) is 0 Å². The van der Waals surface area contributed by atoms with Gasteiger partial charge in [0.25, 0.3) is 0 Å². The number of fused-ring (bicyclic) bond motifs is 1. The third-order valence-corrected chi connectivity index (χ3v) is 5.61. The topological polar surface area (TPSA) is 15.3 Å². The van der Waals surface area contributed by atoms with Crippen LogP contribution in [0.4, 0.5) is 5.69 Å². The third-order valence-electron chi connectivity index (χ3n) is 5.61. The first kappa shape index (κ1) is 26.6. The summed E-state index contributed by atoms with van der Waals surface area (Å²) in [7, 11) is 0. The molecule has 170 valence electrons. The van der Waals surface area contributed by atoms with Crippen LogP contribution in [0.1, 0.15) is 73.8 Å². The van der Waals surface area contributed by atoms with E-state index in [1.807, 2.05) is 19.9 Å². The molecule has 0 amide bonds. The van der Waals surface area contributed by atoms with Crippen molar-refractivity contribution in [2.24, 2.45) is 5.41 Å². The van der Waals surface area contributed by atoms with E-state index in [9.17, 15) is 0 Å². The molecule has 1 N–H and O–H groups in total. The van der Waals surface area contributed by atoms with Crippen LogP contribution in [0.5, 0.6) is 0 Å². The fraction of sp³-hybridized carbons (Fsp3) is 0.448. The third kappa shape index (κ3) is 6.75. The number of anilines is 1. The molecule has 1 heterocycles. The van der Waals surface area contributed by atoms with Crippen LogP contribution in [0, 0.1) is 5.41 Å². The van der Waals surface area contributed by atoms with Crippen LogP contribution < -0.4 is 5.32 Å². The maximum atomic E-state index is 4.09. The lowest BCUT2D eigenvalue weighted by molar-refractivity contribution is 0.431. The first-order valence-electron chi connectivity index (χ1n) is 11.7. The molecule has 1 aromatic rings. The second kappa shape index (κ2) is 12.4. The Bertz CT molecular complexity index is 831. The van der Waals surface area contributed by atoms with Gasteiger partial charge in [-0.1, -0.05) is 90.6 Å². The molecule has 0 saturated carbocycles. The zero-order chi connectivity index (χ0) is 23.6. The van der Waals surface area contributed by atoms with Gasteiger partial charge >= 0.3 is 0 Å². The molecule has 1 aliphatic rings. The number of rotatable bonds is 7. The number of nitrogens with one attached hydrogen (secondary N) is 1. The zero-order valence-electron chi connectivity index (χ0n) is 21.3. The van der Waals surface area contributed by atoms with Gasteiger partial charge in [-0.15, -0.1) is 0 Å². The molecular weight excluding hydrogens is 376 g/mol. The smallest absolute Gasteiger partial charge is 0.0514 e. The zero-order valence-corrected chi connectivity index (χ0v) is 21.3. The molecule has 2 atom stereocenters. The predicted molar refractivity (Wildman–Crippen MR) is 140 cm³/mol. The summed E-state index contributed by atoms with van der Waals surface area (Å²) < 4.78 is 0. The normalized spacial score (nSPS) is 19.5. The Morgan fingerprint density at radius 1 is 1.19 bits per heavy atom. The SMILES string of the molecule is C=C/C(=C(\C=C/C)N(CC)/C(C)=C/C=C/C1Nc2ccccc2C1C)C(C)(C)C.CC. The summed E-state index contributed by atoms with van der Waals surface area (Å²) in [4.78, 5) is 2.37. The molecule has 0 bridgehead atoms. The molecule has 1 aliphatic heterocycles. The highest BCUT2D eigenvalue weighted by atomic mass is 15.1. The van der Waals surface area contributed by atoms with Crippen molar-refractivity contribution in [1.82, 2.24) is 4.90 Å². The van der Waals surface area contributed by atoms with Crippen molar-refractivity contribution in [2.45, 2.75) is 74.3 Å². The van der Waals surface area contributed by atoms with Crippen LogP contribution in [-0.4, -0.2) is 17.5 Å². The first-order chi connectivity index (χ1) is 14.7. The minimum Gasteiger partial charge on any atom is -0.378 e. The fourth-order valence-electron chi connectivity index (χ4n) is 4.03. The average molecular weight is 421 g/mol. The predicted octanol–water partition coefficient (Wildman–Crippen LogP) is 8.45. The number of nitrogens with zero attached hydrogens (tertiary/aromatic N) is 1. The van der Waals surface area contributed by atoms with Gasteiger partial charge in [0.15, 0.2) is 0 Å². The Hall–Kier alpha value is -2.48. The number of para-hydroxylation sites is 1. The summed E-state index contributed by atoms with van der Waals surface area (Å²) in [6.45, 7) is 24.5. The van der Waals surface area contributed by atoms with Gasteiger partial charge in [0, 0.05) is 29.5 Å². The summed E-state index contributed by atoms with van der Waals surface area (Å²) in [5.41, 5.74) is 6.40. The van der Waals surface area contributed by atoms with Crippen molar-refractivity contribution < 1.29 is 0 Å². The molecular formula is C29H44N2. The number of benzene rings is 1. The lowest BCUT2D eigenvalue weighted by Crippen LogP contribution is -2.24. The van der Waals surface area contributed by atoms with E-state index in [-0.39, 0.29) is 5.41 Å². The van der Waals surface area contributed by atoms with E-state index >= 15 is 0 Å². The molecule has 31 heavy (non-hydrogen) atoms. The number of hydrogen-bond acceptors (Lipinski definition) is 2. The van der Waals surface area contributed by atoms with Crippen LogP contribution in [0.3, 0.4) is 0 Å². The maximum Gasteiger partial charge on any atom is 0.0514 e. The highest BCUT2D eigenvalue weighted by Gasteiger charge is 2.26. The minimum atomic E-state index is 0.0368. The summed E-state index contributed by atoms with van der Waals surface area (Å²) in [6, 6.07) is 8.92. The van der Waals surface area contributed by atoms with E-state index in [1.54, 1.807) is 0 Å². The Balaban J connectivity index is 0.00000233. The van der Waals surface area contributed by atoms with Gasteiger partial charge in [0.1, 0.15) is 0 Å². The summed E-state index contributed by atoms with van der Waals surface area (Å²) >= 11 is 0. The second-order valence-electron chi connectivity index (χ2n) is 8.74. The van der Waals surface area contributed by atoms with Gasteiger partial charge < -0.3 is 10.2 Å². The van der Waals surface area contributed by atoms with Gasteiger partial charge in [0.2, 0.25) is 0 Å². The highest BCUT2D eigenvalue weighted by molar-refractivity contribution is 5.60. The Kier molecular flexibility index (Phi) is 10.6. The maximum absolute atomic E-state index is 4.09. The molecule has 0 spiro atoms. The lowest BCUT2D eigenvalue weighted by atomic mass is 9.84. The van der Waals surface area contributed by atoms with Crippen LogP contribution >= 0.6 is 0 Å². The molecule has 0 saturated heterocycles. The molecule has 1 aromatic carbocycles. The Morgan fingerprint density at radius 2 is 1.84 bits per heavy atom. The van der Waals surface area contributed by atoms with Gasteiger partial charge in [-0.25, -0.2) is 0 Å². The lowest BCUT2D eigenvalue weighted by Gasteiger charge is -2.31. The number of allylic oxidation sites excluding steroid dienone is 7. The quantitative estimate of drug-likeness (QED) is 0.445. The average Bonchev–Trinajstić information content (AvgIpc) is 3.05. The van der Waals surface area contributed by atoms with E-state index in [0.717, 1.165) is 6.54 Å². The largest absolute Gasteiger partial charge is 0.378 e. The van der Waals surface area contributed by atoms with E-state index in [0.29, 0.717) is 12.0 Å². The van der Waals surface area contributed by atoms with Crippen molar-refractivity contribution in [3.05, 3.63) is 89.8 Å². The van der Waals surface area contributed by atoms with Gasteiger partial charge in [-0.05, 0) is 55.5 Å². The first-order valence-corrected chi connectivity index (χ1v) is 11.7. The molecule has 2 nitrogen and oxygen atoms in total. The molecule has 0 aromatic heterocycles. The summed E-state index contributed by atoms with van der Waals surface area (Å²) in [5, 5.41) is 3.63. The van der Waals surface area contributed by atoms with E-state index in [1.165, 1.54) is 28.2 Å². The fourth-order valence-corrected chi connectivity index (χ4v) is 4.03. The van der Waals surface area contributed by atoms with Crippen LogP contribution in [-0.2, 0) is 0 Å². The van der Waals surface area contributed by atoms with Gasteiger partial charge in [-0.2, -0.15) is 0 Å². The van der Waals surface area contributed by atoms with Crippen molar-refractivity contribution >= 4 is 5.69 Å². The highest BCUT2D eigenvalue weighted by Crippen LogP contribution is 2.36. The van der Waals surface area contributed by atoms with Crippen LogP contribution in [0.25, 0.3) is 0 Å². The molecule has 2 rings (SSSR count). The summed E-state index contributed by atoms with van der Waals surface area (Å²) in [6.07, 6.45) is 13.0. The monoisotopic (exact) mass is 420 g/mol. The molecule has 0 radical (unpaired) electrons. The van der Waals surface area contributed by atoms with Crippen molar-refractivity contribution in [3.63, 3.8) is 0 Å². The van der Waals surface area contributed by atoms with E-state index in [2.05, 4.69) is 120 Å². The molecule has 0 aliphatic carbocycles. The number of hydrogen-bond donors (Lipinski definition) is 1. The van der Waals surface area contributed by atoms with Gasteiger partial charge in [0.05, 0.1) is 6.04 Å².